The molecule has 1 aliphatic rings. The molecule has 1 fully saturated rings. The standard InChI is InChI=1S/C14H21ClN2O.2ClH/c1-18-14-3-2-12(8-13(14)15)10-17-9-11-4-6-16-7-5-11;;/h2-3,8,11,16-17H,4-7,9-10H2,1H3;2*1H. The minimum absolute atomic E-state index is 0. The van der Waals surface area contributed by atoms with Gasteiger partial charge in [-0.2, -0.15) is 0 Å². The van der Waals surface area contributed by atoms with Crippen LogP contribution in [0.25, 0.3) is 0 Å². The van der Waals surface area contributed by atoms with Crippen molar-refractivity contribution in [2.24, 2.45) is 5.92 Å². The van der Waals surface area contributed by atoms with Crippen molar-refractivity contribution in [2.75, 3.05) is 26.7 Å². The zero-order valence-corrected chi connectivity index (χ0v) is 14.0. The highest BCUT2D eigenvalue weighted by Crippen LogP contribution is 2.24. The predicted octanol–water partition coefficient (Wildman–Crippen LogP) is 3.28. The van der Waals surface area contributed by atoms with E-state index in [4.69, 9.17) is 16.3 Å². The highest BCUT2D eigenvalue weighted by Gasteiger charge is 2.12. The number of piperidine rings is 1. The Kier molecular flexibility index (Phi) is 10.4. The van der Waals surface area contributed by atoms with E-state index in [-0.39, 0.29) is 24.8 Å². The molecule has 0 bridgehead atoms. The third-order valence-electron chi connectivity index (χ3n) is 3.44. The van der Waals surface area contributed by atoms with Crippen LogP contribution in [-0.2, 0) is 6.54 Å². The van der Waals surface area contributed by atoms with Gasteiger partial charge in [0.05, 0.1) is 12.1 Å². The maximum Gasteiger partial charge on any atom is 0.137 e. The first-order valence-electron chi connectivity index (χ1n) is 6.53. The summed E-state index contributed by atoms with van der Waals surface area (Å²) in [6.07, 6.45) is 2.55. The van der Waals surface area contributed by atoms with E-state index in [1.165, 1.54) is 18.4 Å². The summed E-state index contributed by atoms with van der Waals surface area (Å²) in [5, 5.41) is 7.57. The van der Waals surface area contributed by atoms with Crippen molar-refractivity contribution < 1.29 is 4.74 Å². The van der Waals surface area contributed by atoms with Gasteiger partial charge in [0.1, 0.15) is 5.75 Å². The van der Waals surface area contributed by atoms with Crippen molar-refractivity contribution in [3.05, 3.63) is 28.8 Å². The van der Waals surface area contributed by atoms with Crippen LogP contribution in [0.1, 0.15) is 18.4 Å². The molecule has 2 N–H and O–H groups in total. The molecule has 0 radical (unpaired) electrons. The Hall–Kier alpha value is -0.190. The minimum Gasteiger partial charge on any atom is -0.495 e. The number of ether oxygens (including phenoxy) is 1. The third kappa shape index (κ3) is 6.06. The average molecular weight is 342 g/mol. The number of hydrogen-bond donors (Lipinski definition) is 2. The van der Waals surface area contributed by atoms with Crippen molar-refractivity contribution in [1.29, 1.82) is 0 Å². The van der Waals surface area contributed by atoms with Crippen LogP contribution in [0.4, 0.5) is 0 Å². The van der Waals surface area contributed by atoms with Crippen molar-refractivity contribution in [3.63, 3.8) is 0 Å². The van der Waals surface area contributed by atoms with Crippen LogP contribution < -0.4 is 15.4 Å². The van der Waals surface area contributed by atoms with E-state index in [9.17, 15) is 0 Å². The van der Waals surface area contributed by atoms with Crippen LogP contribution in [0.2, 0.25) is 5.02 Å². The Balaban J connectivity index is 0.00000180. The fourth-order valence-corrected chi connectivity index (χ4v) is 2.61. The van der Waals surface area contributed by atoms with Crippen LogP contribution in [-0.4, -0.2) is 26.7 Å². The lowest BCUT2D eigenvalue weighted by Gasteiger charge is -2.22. The van der Waals surface area contributed by atoms with Crippen molar-refractivity contribution in [2.45, 2.75) is 19.4 Å². The van der Waals surface area contributed by atoms with Gasteiger partial charge in [0, 0.05) is 6.54 Å². The molecular formula is C14H23Cl3N2O. The number of benzene rings is 1. The van der Waals surface area contributed by atoms with Crippen LogP contribution in [0, 0.1) is 5.92 Å². The van der Waals surface area contributed by atoms with Gasteiger partial charge in [-0.3, -0.25) is 0 Å². The summed E-state index contributed by atoms with van der Waals surface area (Å²) < 4.78 is 5.14. The average Bonchev–Trinajstić information content (AvgIpc) is 2.40. The maximum atomic E-state index is 6.10. The predicted molar refractivity (Wildman–Crippen MR) is 89.8 cm³/mol. The highest BCUT2D eigenvalue weighted by molar-refractivity contribution is 6.32. The van der Waals surface area contributed by atoms with E-state index in [1.54, 1.807) is 7.11 Å². The molecule has 2 rings (SSSR count). The molecule has 1 heterocycles. The quantitative estimate of drug-likeness (QED) is 0.862. The molecule has 0 spiro atoms. The molecule has 0 unspecified atom stereocenters. The Morgan fingerprint density at radius 2 is 2.00 bits per heavy atom. The third-order valence-corrected chi connectivity index (χ3v) is 3.73. The second-order valence-corrected chi connectivity index (χ2v) is 5.20. The summed E-state index contributed by atoms with van der Waals surface area (Å²) in [4.78, 5) is 0. The Labute approximate surface area is 138 Å². The molecule has 0 atom stereocenters. The summed E-state index contributed by atoms with van der Waals surface area (Å²) in [6, 6.07) is 5.94. The van der Waals surface area contributed by atoms with Gasteiger partial charge in [0.2, 0.25) is 0 Å². The van der Waals surface area contributed by atoms with Crippen molar-refractivity contribution >= 4 is 36.4 Å². The molecule has 20 heavy (non-hydrogen) atoms. The normalized spacial score (nSPS) is 15.1. The van der Waals surface area contributed by atoms with Gasteiger partial charge in [0.15, 0.2) is 0 Å². The van der Waals surface area contributed by atoms with E-state index < -0.39 is 0 Å². The molecule has 1 aliphatic heterocycles. The molecule has 0 amide bonds. The summed E-state index contributed by atoms with van der Waals surface area (Å²) in [5.74, 6) is 1.54. The number of nitrogens with one attached hydrogen (secondary N) is 2. The fraction of sp³-hybridized carbons (Fsp3) is 0.571. The molecule has 1 aromatic rings. The number of halogens is 3. The molecular weight excluding hydrogens is 319 g/mol. The first-order chi connectivity index (χ1) is 8.79. The monoisotopic (exact) mass is 340 g/mol. The maximum absolute atomic E-state index is 6.10. The van der Waals surface area contributed by atoms with Gasteiger partial charge in [-0.05, 0) is 56.1 Å². The van der Waals surface area contributed by atoms with Gasteiger partial charge >= 0.3 is 0 Å². The number of hydrogen-bond acceptors (Lipinski definition) is 3. The molecule has 0 aromatic heterocycles. The van der Waals surface area contributed by atoms with Crippen molar-refractivity contribution in [1.82, 2.24) is 10.6 Å². The van der Waals surface area contributed by atoms with Crippen LogP contribution in [0.3, 0.4) is 0 Å². The molecule has 0 saturated carbocycles. The molecule has 116 valence electrons. The van der Waals surface area contributed by atoms with E-state index in [1.807, 2.05) is 12.1 Å². The van der Waals surface area contributed by atoms with E-state index in [0.29, 0.717) is 5.02 Å². The first kappa shape index (κ1) is 19.8. The molecule has 6 heteroatoms. The fourth-order valence-electron chi connectivity index (χ4n) is 2.33. The highest BCUT2D eigenvalue weighted by atomic mass is 35.5. The summed E-state index contributed by atoms with van der Waals surface area (Å²) in [6.45, 7) is 4.26. The smallest absolute Gasteiger partial charge is 0.137 e. The van der Waals surface area contributed by atoms with Gasteiger partial charge in [0.25, 0.3) is 0 Å². The zero-order valence-electron chi connectivity index (χ0n) is 11.7. The molecule has 1 saturated heterocycles. The van der Waals surface area contributed by atoms with Crippen LogP contribution >= 0.6 is 36.4 Å². The summed E-state index contributed by atoms with van der Waals surface area (Å²) in [5.41, 5.74) is 1.20. The molecule has 0 aliphatic carbocycles. The summed E-state index contributed by atoms with van der Waals surface area (Å²) in [7, 11) is 1.64. The number of rotatable bonds is 5. The van der Waals surface area contributed by atoms with Crippen molar-refractivity contribution in [3.8, 4) is 5.75 Å². The Morgan fingerprint density at radius 1 is 1.30 bits per heavy atom. The van der Waals surface area contributed by atoms with E-state index >= 15 is 0 Å². The second kappa shape index (κ2) is 10.5. The number of methoxy groups -OCH3 is 1. The van der Waals surface area contributed by atoms with Crippen LogP contribution in [0.15, 0.2) is 18.2 Å². The largest absolute Gasteiger partial charge is 0.495 e. The molecule has 1 aromatic carbocycles. The van der Waals surface area contributed by atoms with E-state index in [2.05, 4.69) is 16.7 Å². The van der Waals surface area contributed by atoms with E-state index in [0.717, 1.165) is 37.8 Å². The first-order valence-corrected chi connectivity index (χ1v) is 6.91. The van der Waals surface area contributed by atoms with Gasteiger partial charge < -0.3 is 15.4 Å². The van der Waals surface area contributed by atoms with Gasteiger partial charge in [-0.25, -0.2) is 0 Å². The lowest BCUT2D eigenvalue weighted by atomic mass is 9.98. The zero-order chi connectivity index (χ0) is 12.8. The van der Waals surface area contributed by atoms with Gasteiger partial charge in [-0.15, -0.1) is 24.8 Å². The Bertz CT molecular complexity index is 385. The lowest BCUT2D eigenvalue weighted by molar-refractivity contribution is 0.356. The summed E-state index contributed by atoms with van der Waals surface area (Å²) >= 11 is 6.10. The lowest BCUT2D eigenvalue weighted by Crippen LogP contribution is -2.33. The molecule has 3 nitrogen and oxygen atoms in total. The SMILES string of the molecule is COc1ccc(CNCC2CCNCC2)cc1Cl.Cl.Cl. The topological polar surface area (TPSA) is 33.3 Å². The van der Waals surface area contributed by atoms with Gasteiger partial charge in [-0.1, -0.05) is 17.7 Å². The minimum atomic E-state index is 0. The Morgan fingerprint density at radius 3 is 2.60 bits per heavy atom. The second-order valence-electron chi connectivity index (χ2n) is 4.79. The van der Waals surface area contributed by atoms with Crippen LogP contribution in [0.5, 0.6) is 5.75 Å².